The number of piperidine rings is 1. The van der Waals surface area contributed by atoms with Crippen LogP contribution in [0.2, 0.25) is 0 Å². The van der Waals surface area contributed by atoms with Crippen LogP contribution in [0.25, 0.3) is 0 Å². The standard InChI is InChI=1S/C22H34N4O2.HI/c1-17-6-3-4-8-19(17)22(9-12-28-13-10-22)16-25-21(24-2)26-11-5-7-18(15-26)14-20(23)27;/h3-4,6,8,18H,5,7,9-16H2,1-2H3,(H2,23,27)(H,24,25);1H. The Morgan fingerprint density at radius 2 is 2.07 bits per heavy atom. The zero-order valence-corrected chi connectivity index (χ0v) is 20.0. The first-order chi connectivity index (χ1) is 13.5. The minimum Gasteiger partial charge on any atom is -0.381 e. The number of nitrogens with two attached hydrogens (primary N) is 1. The average Bonchev–Trinajstić information content (AvgIpc) is 2.69. The fraction of sp³-hybridized carbons (Fsp3) is 0.636. The van der Waals surface area contributed by atoms with Crippen LogP contribution in [0.1, 0.15) is 43.2 Å². The molecular formula is C22H35IN4O2. The quantitative estimate of drug-likeness (QED) is 0.360. The van der Waals surface area contributed by atoms with Crippen molar-refractivity contribution in [3.05, 3.63) is 35.4 Å². The van der Waals surface area contributed by atoms with Crippen LogP contribution >= 0.6 is 24.0 Å². The van der Waals surface area contributed by atoms with Crippen molar-refractivity contribution in [2.24, 2.45) is 16.6 Å². The van der Waals surface area contributed by atoms with E-state index < -0.39 is 0 Å². The molecule has 0 bridgehead atoms. The second-order valence-electron chi connectivity index (χ2n) is 8.23. The number of rotatable bonds is 5. The van der Waals surface area contributed by atoms with E-state index in [9.17, 15) is 4.79 Å². The molecule has 1 atom stereocenters. The lowest BCUT2D eigenvalue weighted by atomic mass is 9.72. The number of ether oxygens (including phenoxy) is 1. The smallest absolute Gasteiger partial charge is 0.217 e. The molecule has 0 aromatic heterocycles. The summed E-state index contributed by atoms with van der Waals surface area (Å²) in [5.74, 6) is 1.03. The third-order valence-electron chi connectivity index (χ3n) is 6.27. The summed E-state index contributed by atoms with van der Waals surface area (Å²) in [5.41, 5.74) is 8.21. The zero-order valence-electron chi connectivity index (χ0n) is 17.7. The maximum absolute atomic E-state index is 11.3. The van der Waals surface area contributed by atoms with Crippen molar-refractivity contribution in [1.29, 1.82) is 0 Å². The van der Waals surface area contributed by atoms with Crippen LogP contribution in [0.15, 0.2) is 29.3 Å². The molecule has 1 aromatic carbocycles. The number of aryl methyl sites for hydroxylation is 1. The normalized spacial score (nSPS) is 21.9. The van der Waals surface area contributed by atoms with Gasteiger partial charge in [-0.25, -0.2) is 0 Å². The maximum Gasteiger partial charge on any atom is 0.217 e. The highest BCUT2D eigenvalue weighted by atomic mass is 127. The number of carbonyl (C=O) groups is 1. The van der Waals surface area contributed by atoms with Crippen LogP contribution in [-0.4, -0.2) is 56.7 Å². The van der Waals surface area contributed by atoms with Crippen molar-refractivity contribution in [3.8, 4) is 0 Å². The molecule has 6 nitrogen and oxygen atoms in total. The van der Waals surface area contributed by atoms with Gasteiger partial charge in [-0.1, -0.05) is 24.3 Å². The SMILES string of the molecule is CN=C(NCC1(c2ccccc2C)CCOCC1)N1CCCC(CC(N)=O)C1.I. The van der Waals surface area contributed by atoms with Crippen LogP contribution in [0.3, 0.4) is 0 Å². The van der Waals surface area contributed by atoms with Gasteiger partial charge in [0.1, 0.15) is 0 Å². The number of nitrogens with one attached hydrogen (secondary N) is 1. The van der Waals surface area contributed by atoms with Gasteiger partial charge in [-0.15, -0.1) is 24.0 Å². The summed E-state index contributed by atoms with van der Waals surface area (Å²) in [7, 11) is 1.84. The predicted molar refractivity (Wildman–Crippen MR) is 128 cm³/mol. The van der Waals surface area contributed by atoms with Crippen molar-refractivity contribution < 1.29 is 9.53 Å². The molecule has 2 saturated heterocycles. The van der Waals surface area contributed by atoms with Gasteiger partial charge in [-0.2, -0.15) is 0 Å². The number of likely N-dealkylation sites (tertiary alicyclic amines) is 1. The van der Waals surface area contributed by atoms with Gasteiger partial charge in [0.2, 0.25) is 5.91 Å². The summed E-state index contributed by atoms with van der Waals surface area (Å²) >= 11 is 0. The third kappa shape index (κ3) is 6.07. The molecule has 0 aliphatic carbocycles. The number of amides is 1. The molecule has 2 aliphatic rings. The first-order valence-corrected chi connectivity index (χ1v) is 10.4. The minimum atomic E-state index is -0.212. The van der Waals surface area contributed by atoms with Gasteiger partial charge in [0.05, 0.1) is 0 Å². The molecule has 29 heavy (non-hydrogen) atoms. The highest BCUT2D eigenvalue weighted by Crippen LogP contribution is 2.36. The number of halogens is 1. The van der Waals surface area contributed by atoms with E-state index in [4.69, 9.17) is 10.5 Å². The topological polar surface area (TPSA) is 80.0 Å². The third-order valence-corrected chi connectivity index (χ3v) is 6.27. The first-order valence-electron chi connectivity index (χ1n) is 10.4. The average molecular weight is 514 g/mol. The number of nitrogens with zero attached hydrogens (tertiary/aromatic N) is 2. The molecule has 162 valence electrons. The second-order valence-corrected chi connectivity index (χ2v) is 8.23. The fourth-order valence-corrected chi connectivity index (χ4v) is 4.76. The number of hydrogen-bond acceptors (Lipinski definition) is 3. The molecule has 0 radical (unpaired) electrons. The van der Waals surface area contributed by atoms with Gasteiger partial charge in [-0.3, -0.25) is 9.79 Å². The number of benzene rings is 1. The van der Waals surface area contributed by atoms with Crippen LogP contribution < -0.4 is 11.1 Å². The van der Waals surface area contributed by atoms with E-state index in [1.807, 2.05) is 7.05 Å². The van der Waals surface area contributed by atoms with E-state index in [0.717, 1.165) is 64.5 Å². The largest absolute Gasteiger partial charge is 0.381 e. The van der Waals surface area contributed by atoms with Crippen LogP contribution in [0.5, 0.6) is 0 Å². The first kappa shape index (κ1) is 23.9. The number of guanidine groups is 1. The molecule has 7 heteroatoms. The fourth-order valence-electron chi connectivity index (χ4n) is 4.76. The Kier molecular flexibility index (Phi) is 9.20. The van der Waals surface area contributed by atoms with Gasteiger partial charge < -0.3 is 20.7 Å². The van der Waals surface area contributed by atoms with Crippen molar-refractivity contribution in [2.75, 3.05) is 39.9 Å². The molecule has 1 aromatic rings. The van der Waals surface area contributed by atoms with Crippen LogP contribution in [-0.2, 0) is 14.9 Å². The summed E-state index contributed by atoms with van der Waals surface area (Å²) in [4.78, 5) is 18.1. The number of hydrogen-bond donors (Lipinski definition) is 2. The van der Waals surface area contributed by atoms with Gasteiger partial charge in [-0.05, 0) is 49.7 Å². The van der Waals surface area contributed by atoms with Crippen molar-refractivity contribution in [1.82, 2.24) is 10.2 Å². The Hall–Kier alpha value is -1.35. The molecule has 0 saturated carbocycles. The molecule has 1 unspecified atom stereocenters. The van der Waals surface area contributed by atoms with E-state index in [2.05, 4.69) is 46.4 Å². The summed E-state index contributed by atoms with van der Waals surface area (Å²) < 4.78 is 5.67. The maximum atomic E-state index is 11.3. The molecule has 0 spiro atoms. The van der Waals surface area contributed by atoms with E-state index in [0.29, 0.717) is 12.3 Å². The summed E-state index contributed by atoms with van der Waals surface area (Å²) in [6, 6.07) is 8.69. The Morgan fingerprint density at radius 1 is 1.34 bits per heavy atom. The lowest BCUT2D eigenvalue weighted by molar-refractivity contribution is -0.119. The Balaban J connectivity index is 0.00000300. The molecule has 3 rings (SSSR count). The number of aliphatic imine (C=N–C) groups is 1. The van der Waals surface area contributed by atoms with Crippen molar-refractivity contribution in [3.63, 3.8) is 0 Å². The summed E-state index contributed by atoms with van der Waals surface area (Å²) in [6.07, 6.45) is 4.59. The Bertz CT molecular complexity index is 704. The van der Waals surface area contributed by atoms with E-state index in [1.54, 1.807) is 0 Å². The van der Waals surface area contributed by atoms with Gasteiger partial charge in [0.15, 0.2) is 5.96 Å². The van der Waals surface area contributed by atoms with Crippen molar-refractivity contribution in [2.45, 2.75) is 44.4 Å². The van der Waals surface area contributed by atoms with Crippen LogP contribution in [0, 0.1) is 12.8 Å². The summed E-state index contributed by atoms with van der Waals surface area (Å²) in [6.45, 7) is 6.42. The van der Waals surface area contributed by atoms with Gasteiger partial charge in [0.25, 0.3) is 0 Å². The molecule has 2 fully saturated rings. The van der Waals surface area contributed by atoms with E-state index in [1.165, 1.54) is 11.1 Å². The van der Waals surface area contributed by atoms with Crippen LogP contribution in [0.4, 0.5) is 0 Å². The monoisotopic (exact) mass is 514 g/mol. The van der Waals surface area contributed by atoms with E-state index >= 15 is 0 Å². The molecule has 3 N–H and O–H groups in total. The predicted octanol–water partition coefficient (Wildman–Crippen LogP) is 2.82. The summed E-state index contributed by atoms with van der Waals surface area (Å²) in [5, 5.41) is 3.65. The van der Waals surface area contributed by atoms with E-state index in [-0.39, 0.29) is 35.3 Å². The highest BCUT2D eigenvalue weighted by Gasteiger charge is 2.36. The highest BCUT2D eigenvalue weighted by molar-refractivity contribution is 14.0. The lowest BCUT2D eigenvalue weighted by Crippen LogP contribution is -2.52. The van der Waals surface area contributed by atoms with Gasteiger partial charge in [0, 0.05) is 51.7 Å². The van der Waals surface area contributed by atoms with Crippen molar-refractivity contribution >= 4 is 35.8 Å². The molecule has 1 amide bonds. The molecular weight excluding hydrogens is 479 g/mol. The molecule has 2 aliphatic heterocycles. The van der Waals surface area contributed by atoms with Gasteiger partial charge >= 0.3 is 0 Å². The molecule has 2 heterocycles. The minimum absolute atomic E-state index is 0. The lowest BCUT2D eigenvalue weighted by Gasteiger charge is -2.41. The Labute approximate surface area is 191 Å². The number of carbonyl (C=O) groups excluding carboxylic acids is 1. The number of primary amides is 1. The zero-order chi connectivity index (χ0) is 20.0. The Morgan fingerprint density at radius 3 is 2.72 bits per heavy atom. The second kappa shape index (κ2) is 11.2.